The van der Waals surface area contributed by atoms with Crippen LogP contribution in [0.25, 0.3) is 10.9 Å². The first-order valence-corrected chi connectivity index (χ1v) is 8.47. The summed E-state index contributed by atoms with van der Waals surface area (Å²) in [6.07, 6.45) is 1.66. The van der Waals surface area contributed by atoms with E-state index in [1.54, 1.807) is 6.20 Å². The van der Waals surface area contributed by atoms with Crippen molar-refractivity contribution in [2.45, 2.75) is 33.9 Å². The van der Waals surface area contributed by atoms with Gasteiger partial charge in [-0.2, -0.15) is 0 Å². The number of fused-ring (bicyclic) bond motifs is 1. The molecule has 0 atom stereocenters. The van der Waals surface area contributed by atoms with E-state index in [0.29, 0.717) is 18.5 Å². The fourth-order valence-electron chi connectivity index (χ4n) is 2.92. The number of carbonyl (C=O) groups is 1. The molecule has 128 valence electrons. The number of nitrogens with one attached hydrogen (secondary N) is 1. The first-order valence-electron chi connectivity index (χ1n) is 8.47. The molecule has 0 aliphatic rings. The van der Waals surface area contributed by atoms with Crippen LogP contribution in [-0.4, -0.2) is 10.5 Å². The van der Waals surface area contributed by atoms with Gasteiger partial charge in [-0.25, -0.2) is 0 Å². The molecule has 0 unspecified atom stereocenters. The molecule has 1 amide bonds. The molecular formula is C21H22N2O2. The fourth-order valence-corrected chi connectivity index (χ4v) is 2.92. The SMILES string of the molecule is CCn1cc(C(=O)NCc2ccc(C)cc2)c(=O)c2cc(C)ccc21. The Morgan fingerprint density at radius 2 is 1.72 bits per heavy atom. The minimum absolute atomic E-state index is 0.187. The van der Waals surface area contributed by atoms with Gasteiger partial charge in [0.15, 0.2) is 0 Å². The molecule has 0 bridgehead atoms. The molecule has 0 saturated carbocycles. The summed E-state index contributed by atoms with van der Waals surface area (Å²) in [4.78, 5) is 25.4. The largest absolute Gasteiger partial charge is 0.348 e. The Labute approximate surface area is 147 Å². The van der Waals surface area contributed by atoms with Crippen LogP contribution in [0.4, 0.5) is 0 Å². The highest BCUT2D eigenvalue weighted by atomic mass is 16.2. The van der Waals surface area contributed by atoms with Crippen LogP contribution in [0.15, 0.2) is 53.5 Å². The molecule has 3 rings (SSSR count). The van der Waals surface area contributed by atoms with Gasteiger partial charge in [-0.05, 0) is 38.5 Å². The van der Waals surface area contributed by atoms with E-state index in [2.05, 4.69) is 5.32 Å². The van der Waals surface area contributed by atoms with Crippen LogP contribution >= 0.6 is 0 Å². The lowest BCUT2D eigenvalue weighted by Gasteiger charge is -2.12. The number of aromatic nitrogens is 1. The highest BCUT2D eigenvalue weighted by Crippen LogP contribution is 2.14. The Balaban J connectivity index is 1.94. The van der Waals surface area contributed by atoms with Crippen molar-refractivity contribution in [1.82, 2.24) is 9.88 Å². The quantitative estimate of drug-likeness (QED) is 0.793. The summed E-state index contributed by atoms with van der Waals surface area (Å²) < 4.78 is 1.94. The lowest BCUT2D eigenvalue weighted by atomic mass is 10.1. The third-order valence-electron chi connectivity index (χ3n) is 4.39. The van der Waals surface area contributed by atoms with Crippen molar-refractivity contribution in [3.8, 4) is 0 Å². The van der Waals surface area contributed by atoms with Crippen molar-refractivity contribution in [2.24, 2.45) is 0 Å². The number of amides is 1. The van der Waals surface area contributed by atoms with Gasteiger partial charge < -0.3 is 9.88 Å². The maximum Gasteiger partial charge on any atom is 0.257 e. The minimum atomic E-state index is -0.337. The summed E-state index contributed by atoms with van der Waals surface area (Å²) >= 11 is 0. The molecule has 0 spiro atoms. The van der Waals surface area contributed by atoms with Gasteiger partial charge in [-0.1, -0.05) is 41.5 Å². The molecule has 1 heterocycles. The molecule has 0 radical (unpaired) electrons. The van der Waals surface area contributed by atoms with Crippen molar-refractivity contribution in [3.05, 3.63) is 81.1 Å². The number of pyridine rings is 1. The summed E-state index contributed by atoms with van der Waals surface area (Å²) in [5.41, 5.74) is 4.01. The lowest BCUT2D eigenvalue weighted by molar-refractivity contribution is 0.0949. The van der Waals surface area contributed by atoms with Crippen molar-refractivity contribution in [2.75, 3.05) is 0 Å². The fraction of sp³-hybridized carbons (Fsp3) is 0.238. The van der Waals surface area contributed by atoms with E-state index in [0.717, 1.165) is 16.6 Å². The van der Waals surface area contributed by atoms with Gasteiger partial charge in [0.1, 0.15) is 5.56 Å². The van der Waals surface area contributed by atoms with Gasteiger partial charge >= 0.3 is 0 Å². The zero-order chi connectivity index (χ0) is 18.0. The van der Waals surface area contributed by atoms with E-state index in [-0.39, 0.29) is 16.9 Å². The number of hydrogen-bond donors (Lipinski definition) is 1. The topological polar surface area (TPSA) is 51.1 Å². The molecule has 0 saturated heterocycles. The normalized spacial score (nSPS) is 10.8. The van der Waals surface area contributed by atoms with Crippen LogP contribution in [0.3, 0.4) is 0 Å². The van der Waals surface area contributed by atoms with Crippen LogP contribution in [-0.2, 0) is 13.1 Å². The molecule has 0 aliphatic carbocycles. The van der Waals surface area contributed by atoms with Gasteiger partial charge in [0, 0.05) is 24.7 Å². The van der Waals surface area contributed by atoms with Gasteiger partial charge in [0.05, 0.1) is 5.52 Å². The summed E-state index contributed by atoms with van der Waals surface area (Å²) in [5.74, 6) is -0.337. The van der Waals surface area contributed by atoms with Crippen LogP contribution in [0.2, 0.25) is 0 Å². The average molecular weight is 334 g/mol. The lowest BCUT2D eigenvalue weighted by Crippen LogP contribution is -2.29. The minimum Gasteiger partial charge on any atom is -0.348 e. The molecule has 25 heavy (non-hydrogen) atoms. The second-order valence-electron chi connectivity index (χ2n) is 6.35. The predicted molar refractivity (Wildman–Crippen MR) is 101 cm³/mol. The Bertz CT molecular complexity index is 985. The molecule has 1 aromatic heterocycles. The van der Waals surface area contributed by atoms with Crippen LogP contribution in [0, 0.1) is 13.8 Å². The van der Waals surface area contributed by atoms with E-state index in [1.165, 1.54) is 5.56 Å². The standard InChI is InChI=1S/C21H22N2O2/c1-4-23-13-18(20(24)17-11-15(3)7-10-19(17)23)21(25)22-12-16-8-5-14(2)6-9-16/h5-11,13H,4,12H2,1-3H3,(H,22,25). The van der Waals surface area contributed by atoms with Crippen LogP contribution in [0.5, 0.6) is 0 Å². The molecule has 4 heteroatoms. The van der Waals surface area contributed by atoms with Crippen molar-refractivity contribution < 1.29 is 4.79 Å². The van der Waals surface area contributed by atoms with E-state index < -0.39 is 0 Å². The zero-order valence-electron chi connectivity index (χ0n) is 14.8. The number of nitrogens with zero attached hydrogens (tertiary/aromatic N) is 1. The van der Waals surface area contributed by atoms with Crippen LogP contribution < -0.4 is 10.7 Å². The molecule has 3 aromatic rings. The smallest absolute Gasteiger partial charge is 0.257 e. The van der Waals surface area contributed by atoms with E-state index >= 15 is 0 Å². The second kappa shape index (κ2) is 6.93. The predicted octanol–water partition coefficient (Wildman–Crippen LogP) is 3.57. The Morgan fingerprint density at radius 1 is 1.04 bits per heavy atom. The number of carbonyl (C=O) groups excluding carboxylic acids is 1. The van der Waals surface area contributed by atoms with Crippen molar-refractivity contribution in [1.29, 1.82) is 0 Å². The first-order chi connectivity index (χ1) is 12.0. The second-order valence-corrected chi connectivity index (χ2v) is 6.35. The molecule has 0 fully saturated rings. The Morgan fingerprint density at radius 3 is 2.40 bits per heavy atom. The van der Waals surface area contributed by atoms with Gasteiger partial charge in [0.2, 0.25) is 5.43 Å². The third kappa shape index (κ3) is 3.48. The highest BCUT2D eigenvalue weighted by Gasteiger charge is 2.15. The van der Waals surface area contributed by atoms with E-state index in [1.807, 2.05) is 67.8 Å². The Hall–Kier alpha value is -2.88. The van der Waals surface area contributed by atoms with Gasteiger partial charge in [0.25, 0.3) is 5.91 Å². The van der Waals surface area contributed by atoms with E-state index in [4.69, 9.17) is 0 Å². The molecule has 2 aromatic carbocycles. The molecule has 1 N–H and O–H groups in total. The number of aryl methyl sites for hydroxylation is 3. The van der Waals surface area contributed by atoms with Gasteiger partial charge in [-0.15, -0.1) is 0 Å². The van der Waals surface area contributed by atoms with Crippen molar-refractivity contribution in [3.63, 3.8) is 0 Å². The summed E-state index contributed by atoms with van der Waals surface area (Å²) in [5, 5.41) is 3.44. The van der Waals surface area contributed by atoms with Gasteiger partial charge in [-0.3, -0.25) is 9.59 Å². The molecular weight excluding hydrogens is 312 g/mol. The average Bonchev–Trinajstić information content (AvgIpc) is 2.61. The van der Waals surface area contributed by atoms with Crippen molar-refractivity contribution >= 4 is 16.8 Å². The first kappa shape index (κ1) is 17.0. The summed E-state index contributed by atoms with van der Waals surface area (Å²) in [6, 6.07) is 13.7. The molecule has 4 nitrogen and oxygen atoms in total. The highest BCUT2D eigenvalue weighted by molar-refractivity contribution is 5.97. The monoisotopic (exact) mass is 334 g/mol. The van der Waals surface area contributed by atoms with Crippen LogP contribution in [0.1, 0.15) is 34.0 Å². The molecule has 0 aliphatic heterocycles. The number of hydrogen-bond acceptors (Lipinski definition) is 2. The third-order valence-corrected chi connectivity index (χ3v) is 4.39. The van der Waals surface area contributed by atoms with E-state index in [9.17, 15) is 9.59 Å². The summed E-state index contributed by atoms with van der Waals surface area (Å²) in [6.45, 7) is 7.05. The number of rotatable bonds is 4. The maximum absolute atomic E-state index is 12.8. The maximum atomic E-state index is 12.8. The zero-order valence-corrected chi connectivity index (χ0v) is 14.8. The number of benzene rings is 2. The summed E-state index contributed by atoms with van der Waals surface area (Å²) in [7, 11) is 0. The Kier molecular flexibility index (Phi) is 4.70.